The maximum Gasteiger partial charge on any atom is 0.303 e. The third kappa shape index (κ3) is 4.05. The van der Waals surface area contributed by atoms with E-state index in [9.17, 15) is 19.8 Å². The number of fused-ring (bicyclic) bond motifs is 8. The Morgan fingerprint density at radius 3 is 1.27 bits per heavy atom. The first-order valence-electron chi connectivity index (χ1n) is 15.1. The zero-order chi connectivity index (χ0) is 30.8. The Bertz CT molecular complexity index is 2040. The van der Waals surface area contributed by atoms with Crippen LogP contribution in [0.4, 0.5) is 0 Å². The molecule has 6 aromatic rings. The van der Waals surface area contributed by atoms with Crippen molar-refractivity contribution in [3.8, 4) is 22.5 Å². The average molecular weight is 593 g/mol. The summed E-state index contributed by atoms with van der Waals surface area (Å²) in [4.78, 5) is 45.2. The van der Waals surface area contributed by atoms with Gasteiger partial charge in [0.15, 0.2) is 0 Å². The van der Waals surface area contributed by atoms with E-state index in [-0.39, 0.29) is 25.7 Å². The summed E-state index contributed by atoms with van der Waals surface area (Å²) in [6.45, 7) is 0. The van der Waals surface area contributed by atoms with Crippen LogP contribution in [0.2, 0.25) is 0 Å². The molecule has 0 bridgehead atoms. The highest BCUT2D eigenvalue weighted by atomic mass is 16.4. The highest BCUT2D eigenvalue weighted by Gasteiger charge is 2.55. The SMILES string of the molecule is O=C(O)CCC1(CC2(CCC(=O)O)c3ccccc3-c3nc4ccccc4nc32)c2ccccc2-c2nc3ccccc3nc21. The number of hydrogen-bond donors (Lipinski definition) is 2. The zero-order valence-electron chi connectivity index (χ0n) is 24.3. The van der Waals surface area contributed by atoms with E-state index in [2.05, 4.69) is 0 Å². The molecule has 2 atom stereocenters. The second-order valence-corrected chi connectivity index (χ2v) is 12.0. The van der Waals surface area contributed by atoms with Gasteiger partial charge in [-0.3, -0.25) is 9.59 Å². The molecule has 0 spiro atoms. The molecule has 8 rings (SSSR count). The van der Waals surface area contributed by atoms with Crippen LogP contribution in [0.25, 0.3) is 44.6 Å². The molecule has 2 unspecified atom stereocenters. The Balaban J connectivity index is 1.45. The minimum atomic E-state index is -0.911. The van der Waals surface area contributed by atoms with Crippen molar-refractivity contribution in [2.45, 2.75) is 42.9 Å². The number of carboxylic acid groups (broad SMARTS) is 2. The number of rotatable bonds is 8. The highest BCUT2D eigenvalue weighted by Crippen LogP contribution is 2.61. The first kappa shape index (κ1) is 27.1. The molecule has 0 radical (unpaired) electrons. The maximum atomic E-state index is 12.3. The van der Waals surface area contributed by atoms with Gasteiger partial charge >= 0.3 is 11.9 Å². The van der Waals surface area contributed by atoms with Crippen molar-refractivity contribution in [1.82, 2.24) is 19.9 Å². The summed E-state index contributed by atoms with van der Waals surface area (Å²) < 4.78 is 0. The van der Waals surface area contributed by atoms with Crippen LogP contribution in [0.5, 0.6) is 0 Å². The summed E-state index contributed by atoms with van der Waals surface area (Å²) in [5.41, 5.74) is 7.81. The van der Waals surface area contributed by atoms with Crippen LogP contribution >= 0.6 is 0 Å². The standard InChI is InChI=1S/C37H28N4O4/c42-30(43)17-19-36(24-11-3-1-9-22(24)32-34(36)40-28-15-7-5-13-26(28)38-32)21-37(20-18-31(44)45)25-12-4-2-10-23(25)33-35(37)41-29-16-8-6-14-27(29)39-33/h1-16H,17-21H2,(H,42,43)(H,44,45). The summed E-state index contributed by atoms with van der Waals surface area (Å²) in [5.74, 6) is -1.82. The second kappa shape index (κ2) is 10.0. The summed E-state index contributed by atoms with van der Waals surface area (Å²) in [6.07, 6.45) is 0.665. The van der Waals surface area contributed by atoms with Gasteiger partial charge < -0.3 is 10.2 Å². The van der Waals surface area contributed by atoms with Crippen LogP contribution < -0.4 is 0 Å². The van der Waals surface area contributed by atoms with E-state index in [1.54, 1.807) is 0 Å². The van der Waals surface area contributed by atoms with E-state index in [1.807, 2.05) is 97.1 Å². The Labute approximate surface area is 258 Å². The van der Waals surface area contributed by atoms with Crippen LogP contribution in [0.1, 0.15) is 54.6 Å². The lowest BCUT2D eigenvalue weighted by atomic mass is 9.61. The number of benzene rings is 4. The van der Waals surface area contributed by atoms with E-state index in [4.69, 9.17) is 19.9 Å². The van der Waals surface area contributed by atoms with Gasteiger partial charge in [0.25, 0.3) is 0 Å². The van der Waals surface area contributed by atoms with Crippen LogP contribution in [0, 0.1) is 0 Å². The molecule has 2 aliphatic carbocycles. The summed E-state index contributed by atoms with van der Waals surface area (Å²) in [7, 11) is 0. The molecule has 2 heterocycles. The third-order valence-corrected chi connectivity index (χ3v) is 9.58. The van der Waals surface area contributed by atoms with E-state index in [0.717, 1.165) is 67.1 Å². The first-order valence-corrected chi connectivity index (χ1v) is 15.1. The molecular weight excluding hydrogens is 564 g/mol. The number of nitrogens with zero attached hydrogens (tertiary/aromatic N) is 4. The fourth-order valence-corrected chi connectivity index (χ4v) is 7.71. The first-order chi connectivity index (χ1) is 21.9. The molecule has 220 valence electrons. The van der Waals surface area contributed by atoms with Gasteiger partial charge in [-0.15, -0.1) is 0 Å². The van der Waals surface area contributed by atoms with Crippen molar-refractivity contribution in [1.29, 1.82) is 0 Å². The zero-order valence-corrected chi connectivity index (χ0v) is 24.3. The molecule has 0 saturated carbocycles. The van der Waals surface area contributed by atoms with E-state index in [0.29, 0.717) is 6.42 Å². The van der Waals surface area contributed by atoms with Crippen molar-refractivity contribution in [3.05, 3.63) is 120 Å². The van der Waals surface area contributed by atoms with E-state index >= 15 is 0 Å². The Kier molecular flexibility index (Phi) is 6.03. The van der Waals surface area contributed by atoms with Crippen LogP contribution in [-0.2, 0) is 20.4 Å². The lowest BCUT2D eigenvalue weighted by Gasteiger charge is -2.41. The Morgan fingerprint density at radius 1 is 0.511 bits per heavy atom. The molecular formula is C37H28N4O4. The highest BCUT2D eigenvalue weighted by molar-refractivity contribution is 5.87. The molecule has 0 fully saturated rings. The molecule has 2 N–H and O–H groups in total. The minimum absolute atomic E-state index is 0.102. The summed E-state index contributed by atoms with van der Waals surface area (Å²) >= 11 is 0. The maximum absolute atomic E-state index is 12.3. The van der Waals surface area contributed by atoms with E-state index < -0.39 is 22.8 Å². The van der Waals surface area contributed by atoms with Crippen molar-refractivity contribution in [3.63, 3.8) is 0 Å². The molecule has 0 saturated heterocycles. The van der Waals surface area contributed by atoms with Gasteiger partial charge in [0.1, 0.15) is 0 Å². The smallest absolute Gasteiger partial charge is 0.303 e. The number of para-hydroxylation sites is 4. The van der Waals surface area contributed by atoms with Crippen LogP contribution in [0.15, 0.2) is 97.1 Å². The van der Waals surface area contributed by atoms with Gasteiger partial charge in [0.2, 0.25) is 0 Å². The predicted octanol–water partition coefficient (Wildman–Crippen LogP) is 6.93. The number of aliphatic carboxylic acids is 2. The number of carbonyl (C=O) groups is 2. The lowest BCUT2D eigenvalue weighted by Crippen LogP contribution is -2.39. The predicted molar refractivity (Wildman–Crippen MR) is 170 cm³/mol. The molecule has 2 aliphatic rings. The van der Waals surface area contributed by atoms with Crippen LogP contribution in [-0.4, -0.2) is 42.1 Å². The second-order valence-electron chi connectivity index (χ2n) is 12.0. The minimum Gasteiger partial charge on any atom is -0.481 e. The monoisotopic (exact) mass is 592 g/mol. The van der Waals surface area contributed by atoms with E-state index in [1.165, 1.54) is 0 Å². The topological polar surface area (TPSA) is 126 Å². The van der Waals surface area contributed by atoms with Crippen molar-refractivity contribution >= 4 is 34.0 Å². The molecule has 45 heavy (non-hydrogen) atoms. The third-order valence-electron chi connectivity index (χ3n) is 9.58. The molecule has 8 nitrogen and oxygen atoms in total. The van der Waals surface area contributed by atoms with Crippen molar-refractivity contribution in [2.24, 2.45) is 0 Å². The molecule has 4 aromatic carbocycles. The quantitative estimate of drug-likeness (QED) is 0.195. The Hall–Kier alpha value is -5.50. The Morgan fingerprint density at radius 2 is 0.867 bits per heavy atom. The average Bonchev–Trinajstić information content (AvgIpc) is 3.47. The molecule has 2 aromatic heterocycles. The normalized spacial score (nSPS) is 19.2. The number of hydrogen-bond acceptors (Lipinski definition) is 6. The van der Waals surface area contributed by atoms with Crippen LogP contribution in [0.3, 0.4) is 0 Å². The van der Waals surface area contributed by atoms with Gasteiger partial charge in [-0.25, -0.2) is 19.9 Å². The van der Waals surface area contributed by atoms with Crippen molar-refractivity contribution < 1.29 is 19.8 Å². The van der Waals surface area contributed by atoms with Gasteiger partial charge in [-0.05, 0) is 54.7 Å². The number of aromatic nitrogens is 4. The fourth-order valence-electron chi connectivity index (χ4n) is 7.71. The van der Waals surface area contributed by atoms with Gasteiger partial charge in [-0.2, -0.15) is 0 Å². The molecule has 8 heteroatoms. The van der Waals surface area contributed by atoms with Gasteiger partial charge in [-0.1, -0.05) is 72.8 Å². The summed E-state index contributed by atoms with van der Waals surface area (Å²) in [6, 6.07) is 31.4. The summed E-state index contributed by atoms with van der Waals surface area (Å²) in [5, 5.41) is 20.1. The van der Waals surface area contributed by atoms with Crippen molar-refractivity contribution in [2.75, 3.05) is 0 Å². The fraction of sp³-hybridized carbons (Fsp3) is 0.189. The molecule has 0 amide bonds. The van der Waals surface area contributed by atoms with Gasteiger partial charge in [0, 0.05) is 34.8 Å². The number of carboxylic acids is 2. The van der Waals surface area contributed by atoms with Gasteiger partial charge in [0.05, 0.1) is 44.8 Å². The largest absolute Gasteiger partial charge is 0.481 e. The molecule has 0 aliphatic heterocycles. The lowest BCUT2D eigenvalue weighted by molar-refractivity contribution is -0.138.